The van der Waals surface area contributed by atoms with Crippen molar-refractivity contribution in [3.8, 4) is 5.75 Å². The minimum absolute atomic E-state index is 0.322. The third kappa shape index (κ3) is 2.57. The summed E-state index contributed by atoms with van der Waals surface area (Å²) in [5, 5.41) is 0. The number of ether oxygens (including phenoxy) is 1. The van der Waals surface area contributed by atoms with Gasteiger partial charge in [-0.1, -0.05) is 35.9 Å². The van der Waals surface area contributed by atoms with Crippen LogP contribution in [-0.2, 0) is 0 Å². The zero-order valence-electron chi connectivity index (χ0n) is 15.5. The summed E-state index contributed by atoms with van der Waals surface area (Å²) in [4.78, 5) is 14.9. The highest BCUT2D eigenvalue weighted by Crippen LogP contribution is 2.46. The van der Waals surface area contributed by atoms with E-state index in [4.69, 9.17) is 4.74 Å². The molecular formula is C23H21NO2. The van der Waals surface area contributed by atoms with Crippen LogP contribution in [0.2, 0.25) is 0 Å². The Balaban J connectivity index is 2.08. The van der Waals surface area contributed by atoms with Gasteiger partial charge in [-0.2, -0.15) is 0 Å². The van der Waals surface area contributed by atoms with Crippen LogP contribution in [0.5, 0.6) is 5.75 Å². The molecule has 3 nitrogen and oxygen atoms in total. The number of esters is 1. The van der Waals surface area contributed by atoms with Crippen molar-refractivity contribution < 1.29 is 9.53 Å². The lowest BCUT2D eigenvalue weighted by atomic mass is 10.0. The Morgan fingerprint density at radius 1 is 0.769 bits per heavy atom. The molecule has 0 N–H and O–H groups in total. The molecular weight excluding hydrogens is 322 g/mol. The number of nitrogens with zero attached hydrogens (tertiary/aromatic N) is 1. The maximum absolute atomic E-state index is 12.7. The van der Waals surface area contributed by atoms with Crippen LogP contribution in [0.25, 0.3) is 0 Å². The number of anilines is 3. The zero-order chi connectivity index (χ0) is 18.4. The average molecular weight is 343 g/mol. The van der Waals surface area contributed by atoms with E-state index in [0.717, 1.165) is 33.8 Å². The van der Waals surface area contributed by atoms with Crippen LogP contribution < -0.4 is 9.64 Å². The first-order valence-corrected chi connectivity index (χ1v) is 8.75. The summed E-state index contributed by atoms with van der Waals surface area (Å²) < 4.78 is 5.74. The number of fused-ring (bicyclic) bond motifs is 2. The highest BCUT2D eigenvalue weighted by molar-refractivity contribution is 6.03. The molecule has 3 aromatic rings. The lowest BCUT2D eigenvalue weighted by Crippen LogP contribution is -2.14. The Morgan fingerprint density at radius 3 is 2.19 bits per heavy atom. The Hall–Kier alpha value is -3.07. The molecule has 1 aliphatic rings. The summed E-state index contributed by atoms with van der Waals surface area (Å²) in [5.41, 5.74) is 7.99. The van der Waals surface area contributed by atoms with Gasteiger partial charge in [0, 0.05) is 0 Å². The zero-order valence-corrected chi connectivity index (χ0v) is 15.5. The van der Waals surface area contributed by atoms with Crippen LogP contribution in [0.4, 0.5) is 17.1 Å². The van der Waals surface area contributed by atoms with Gasteiger partial charge in [0.2, 0.25) is 0 Å². The summed E-state index contributed by atoms with van der Waals surface area (Å²) in [7, 11) is 0. The maximum Gasteiger partial charge on any atom is 0.345 e. The van der Waals surface area contributed by atoms with E-state index < -0.39 is 0 Å². The fourth-order valence-corrected chi connectivity index (χ4v) is 3.78. The second-order valence-electron chi connectivity index (χ2n) is 6.96. The van der Waals surface area contributed by atoms with Crippen molar-refractivity contribution in [1.29, 1.82) is 0 Å². The molecule has 0 aromatic heterocycles. The van der Waals surface area contributed by atoms with E-state index in [1.807, 2.05) is 49.4 Å². The van der Waals surface area contributed by atoms with Gasteiger partial charge in [0.15, 0.2) is 5.75 Å². The van der Waals surface area contributed by atoms with E-state index >= 15 is 0 Å². The second-order valence-corrected chi connectivity index (χ2v) is 6.96. The van der Waals surface area contributed by atoms with Crippen molar-refractivity contribution >= 4 is 23.0 Å². The Morgan fingerprint density at radius 2 is 1.46 bits per heavy atom. The molecule has 0 saturated carbocycles. The molecule has 26 heavy (non-hydrogen) atoms. The summed E-state index contributed by atoms with van der Waals surface area (Å²) in [6.45, 7) is 8.32. The van der Waals surface area contributed by atoms with Gasteiger partial charge in [-0.25, -0.2) is 4.79 Å². The monoisotopic (exact) mass is 343 g/mol. The number of carbonyl (C=O) groups is 1. The molecule has 0 saturated heterocycles. The topological polar surface area (TPSA) is 29.5 Å². The van der Waals surface area contributed by atoms with E-state index in [-0.39, 0.29) is 5.97 Å². The van der Waals surface area contributed by atoms with Crippen LogP contribution >= 0.6 is 0 Å². The highest BCUT2D eigenvalue weighted by atomic mass is 16.5. The van der Waals surface area contributed by atoms with Crippen LogP contribution in [0, 0.1) is 27.7 Å². The van der Waals surface area contributed by atoms with Gasteiger partial charge < -0.3 is 9.64 Å². The minimum atomic E-state index is -0.322. The molecule has 0 unspecified atom stereocenters. The molecule has 0 atom stereocenters. The molecule has 3 aromatic carbocycles. The standard InChI is InChI=1S/C23H21NO2/c1-14-9-10-20-21(13-14)26-23(25)18-7-5-6-8-19(18)24(20)22-16(3)11-15(2)12-17(22)4/h5-13H,1-4H3. The van der Waals surface area contributed by atoms with Crippen LogP contribution in [0.15, 0.2) is 54.6 Å². The molecule has 0 spiro atoms. The third-order valence-electron chi connectivity index (χ3n) is 4.78. The summed E-state index contributed by atoms with van der Waals surface area (Å²) in [6.07, 6.45) is 0. The molecule has 0 aliphatic carbocycles. The predicted molar refractivity (Wildman–Crippen MR) is 105 cm³/mol. The summed E-state index contributed by atoms with van der Waals surface area (Å²) in [6, 6.07) is 18.0. The smallest absolute Gasteiger partial charge is 0.345 e. The van der Waals surface area contributed by atoms with Crippen molar-refractivity contribution in [2.45, 2.75) is 27.7 Å². The molecule has 0 radical (unpaired) electrons. The van der Waals surface area contributed by atoms with Gasteiger partial charge in [0.25, 0.3) is 0 Å². The van der Waals surface area contributed by atoms with Crippen molar-refractivity contribution in [2.75, 3.05) is 4.90 Å². The van der Waals surface area contributed by atoms with E-state index in [1.165, 1.54) is 5.56 Å². The molecule has 0 fully saturated rings. The van der Waals surface area contributed by atoms with Crippen LogP contribution in [0.1, 0.15) is 32.6 Å². The number of hydrogen-bond acceptors (Lipinski definition) is 3. The lowest BCUT2D eigenvalue weighted by molar-refractivity contribution is 0.0738. The van der Waals surface area contributed by atoms with Crippen LogP contribution in [0.3, 0.4) is 0 Å². The average Bonchev–Trinajstić information content (AvgIpc) is 2.69. The van der Waals surface area contributed by atoms with Crippen molar-refractivity contribution in [3.05, 3.63) is 82.4 Å². The molecule has 1 heterocycles. The van der Waals surface area contributed by atoms with Crippen molar-refractivity contribution in [3.63, 3.8) is 0 Å². The predicted octanol–water partition coefficient (Wildman–Crippen LogP) is 5.92. The molecule has 0 amide bonds. The Kier molecular flexibility index (Phi) is 3.80. The normalized spacial score (nSPS) is 12.9. The number of aryl methyl sites for hydroxylation is 4. The Bertz CT molecular complexity index is 1010. The fourth-order valence-electron chi connectivity index (χ4n) is 3.78. The number of hydrogen-bond donors (Lipinski definition) is 0. The minimum Gasteiger partial charge on any atom is -0.421 e. The first-order valence-electron chi connectivity index (χ1n) is 8.75. The molecule has 4 rings (SSSR count). The van der Waals surface area contributed by atoms with Gasteiger partial charge in [0.05, 0.1) is 22.6 Å². The number of benzene rings is 3. The van der Waals surface area contributed by atoms with Crippen LogP contribution in [-0.4, -0.2) is 5.97 Å². The quantitative estimate of drug-likeness (QED) is 0.405. The maximum atomic E-state index is 12.7. The summed E-state index contributed by atoms with van der Waals surface area (Å²) in [5.74, 6) is 0.267. The number of para-hydroxylation sites is 1. The largest absolute Gasteiger partial charge is 0.421 e. The van der Waals surface area contributed by atoms with E-state index in [2.05, 4.69) is 37.8 Å². The number of carbonyl (C=O) groups excluding carboxylic acids is 1. The lowest BCUT2D eigenvalue weighted by Gasteiger charge is -2.29. The molecule has 0 bridgehead atoms. The first kappa shape index (κ1) is 16.4. The van der Waals surface area contributed by atoms with Gasteiger partial charge in [0.1, 0.15) is 0 Å². The van der Waals surface area contributed by atoms with Crippen molar-refractivity contribution in [1.82, 2.24) is 0 Å². The van der Waals surface area contributed by atoms with Gasteiger partial charge in [-0.15, -0.1) is 0 Å². The fraction of sp³-hybridized carbons (Fsp3) is 0.174. The molecule has 130 valence electrons. The van der Waals surface area contributed by atoms with Gasteiger partial charge >= 0.3 is 5.97 Å². The molecule has 3 heteroatoms. The molecule has 1 aliphatic heterocycles. The summed E-state index contributed by atoms with van der Waals surface area (Å²) >= 11 is 0. The second kappa shape index (κ2) is 6.03. The Labute approximate surface area is 153 Å². The SMILES string of the molecule is Cc1cc(C)c(N2c3ccc(C)cc3OC(=O)c3ccccc32)c(C)c1. The third-order valence-corrected chi connectivity index (χ3v) is 4.78. The first-order chi connectivity index (χ1) is 12.5. The van der Waals surface area contributed by atoms with Gasteiger partial charge in [-0.05, 0) is 68.7 Å². The van der Waals surface area contributed by atoms with E-state index in [9.17, 15) is 4.79 Å². The van der Waals surface area contributed by atoms with E-state index in [0.29, 0.717) is 11.3 Å². The number of rotatable bonds is 1. The highest BCUT2D eigenvalue weighted by Gasteiger charge is 2.29. The van der Waals surface area contributed by atoms with E-state index in [1.54, 1.807) is 0 Å². The van der Waals surface area contributed by atoms with Crippen molar-refractivity contribution in [2.24, 2.45) is 0 Å². The van der Waals surface area contributed by atoms with Gasteiger partial charge in [-0.3, -0.25) is 0 Å².